The molecule has 5 N–H and O–H groups in total. The molecular weight excluding hydrogens is 553 g/mol. The van der Waals surface area contributed by atoms with Crippen LogP contribution in [0.3, 0.4) is 0 Å². The number of likely N-dealkylation sites (N-methyl/N-ethyl adjacent to an activating group) is 1. The summed E-state index contributed by atoms with van der Waals surface area (Å²) >= 11 is 0. The second-order valence-electron chi connectivity index (χ2n) is 11.1. The number of aliphatic hydroxyl groups is 1. The van der Waals surface area contributed by atoms with Gasteiger partial charge < -0.3 is 21.1 Å². The number of hydrogen-bond acceptors (Lipinski definition) is 6. The average Bonchev–Trinajstić information content (AvgIpc) is 2.94. The molecule has 0 aromatic heterocycles. The predicted octanol–water partition coefficient (Wildman–Crippen LogP) is 3.21. The molecule has 0 aliphatic rings. The largest absolute Gasteiger partial charge is 0.390 e. The van der Waals surface area contributed by atoms with Gasteiger partial charge in [0.15, 0.2) is 0 Å². The van der Waals surface area contributed by atoms with Crippen LogP contribution in [0.4, 0.5) is 4.39 Å². The highest BCUT2D eigenvalue weighted by Crippen LogP contribution is 2.17. The van der Waals surface area contributed by atoms with Crippen molar-refractivity contribution < 1.29 is 28.7 Å². The molecule has 10 nitrogen and oxygen atoms in total. The molecule has 0 fully saturated rings. The van der Waals surface area contributed by atoms with E-state index in [0.717, 1.165) is 12.8 Å². The van der Waals surface area contributed by atoms with Crippen molar-refractivity contribution in [3.63, 3.8) is 0 Å². The standard InChI is InChI=1S/C32H46FN5O5/c1-7-10-37(11-8-2)32(43)25-17-23(29(34)40)16-24(18-25)31(42)35-27(15-22-12-21(6)13-26(33)14-22)28(39)19-38(9-3)36-30(41)20(4)5/h12-14,16-18,20,27-28,39H,7-11,15,19H2,1-6H3,(H2,34,40)(H,35,42)(H,36,41). The Balaban J connectivity index is 2.45. The van der Waals surface area contributed by atoms with Gasteiger partial charge in [0.25, 0.3) is 11.8 Å². The molecular formula is C32H46FN5O5. The number of nitrogens with two attached hydrogens (primary N) is 1. The first-order valence-corrected chi connectivity index (χ1v) is 14.8. The fourth-order valence-electron chi connectivity index (χ4n) is 4.67. The minimum atomic E-state index is -1.19. The zero-order valence-electron chi connectivity index (χ0n) is 26.1. The van der Waals surface area contributed by atoms with Gasteiger partial charge in [0.1, 0.15) is 5.82 Å². The Morgan fingerprint density at radius 1 is 0.930 bits per heavy atom. The van der Waals surface area contributed by atoms with Crippen LogP contribution >= 0.6 is 0 Å². The minimum absolute atomic E-state index is 0.00430. The van der Waals surface area contributed by atoms with Gasteiger partial charge in [0.2, 0.25) is 11.8 Å². The van der Waals surface area contributed by atoms with E-state index in [9.17, 15) is 28.7 Å². The van der Waals surface area contributed by atoms with Crippen LogP contribution in [-0.2, 0) is 11.2 Å². The lowest BCUT2D eigenvalue weighted by molar-refractivity contribution is -0.129. The number of hydrogen-bond donors (Lipinski definition) is 4. The molecule has 11 heteroatoms. The molecule has 0 aliphatic heterocycles. The van der Waals surface area contributed by atoms with Crippen molar-refractivity contribution in [1.82, 2.24) is 20.7 Å². The van der Waals surface area contributed by atoms with Gasteiger partial charge in [0, 0.05) is 48.8 Å². The van der Waals surface area contributed by atoms with E-state index in [1.165, 1.54) is 30.3 Å². The van der Waals surface area contributed by atoms with E-state index in [-0.39, 0.29) is 47.4 Å². The topological polar surface area (TPSA) is 145 Å². The van der Waals surface area contributed by atoms with Gasteiger partial charge in [-0.15, -0.1) is 0 Å². The number of primary amides is 1. The Labute approximate surface area is 253 Å². The first-order valence-electron chi connectivity index (χ1n) is 14.8. The van der Waals surface area contributed by atoms with Crippen LogP contribution in [0.5, 0.6) is 0 Å². The molecule has 2 rings (SSSR count). The molecule has 43 heavy (non-hydrogen) atoms. The lowest BCUT2D eigenvalue weighted by atomic mass is 9.98. The molecule has 0 heterocycles. The summed E-state index contributed by atoms with van der Waals surface area (Å²) in [4.78, 5) is 53.0. The average molecular weight is 600 g/mol. The van der Waals surface area contributed by atoms with Crippen molar-refractivity contribution in [2.45, 2.75) is 73.0 Å². The van der Waals surface area contributed by atoms with Crippen LogP contribution in [0, 0.1) is 18.7 Å². The van der Waals surface area contributed by atoms with Crippen LogP contribution in [0.2, 0.25) is 0 Å². The second-order valence-corrected chi connectivity index (χ2v) is 11.1. The molecule has 4 amide bonds. The van der Waals surface area contributed by atoms with Crippen LogP contribution in [-0.4, -0.2) is 77.0 Å². The number of amides is 4. The zero-order chi connectivity index (χ0) is 32.3. The highest BCUT2D eigenvalue weighted by Gasteiger charge is 2.27. The summed E-state index contributed by atoms with van der Waals surface area (Å²) in [6.07, 6.45) is 0.355. The highest BCUT2D eigenvalue weighted by molar-refractivity contribution is 6.04. The third kappa shape index (κ3) is 10.7. The quantitative estimate of drug-likeness (QED) is 0.218. The third-order valence-electron chi connectivity index (χ3n) is 6.92. The minimum Gasteiger partial charge on any atom is -0.390 e. The maximum Gasteiger partial charge on any atom is 0.253 e. The number of halogens is 1. The number of rotatable bonds is 16. The molecule has 236 valence electrons. The Morgan fingerprint density at radius 3 is 2.07 bits per heavy atom. The summed E-state index contributed by atoms with van der Waals surface area (Å²) in [5.74, 6) is -2.73. The normalized spacial score (nSPS) is 12.6. The van der Waals surface area contributed by atoms with Gasteiger partial charge in [-0.05, 0) is 67.6 Å². The Morgan fingerprint density at radius 2 is 1.53 bits per heavy atom. The fourth-order valence-corrected chi connectivity index (χ4v) is 4.67. The first-order chi connectivity index (χ1) is 20.3. The predicted molar refractivity (Wildman–Crippen MR) is 164 cm³/mol. The first kappa shape index (κ1) is 35.4. The van der Waals surface area contributed by atoms with Gasteiger partial charge in [-0.2, -0.15) is 0 Å². The number of aliphatic hydroxyl groups excluding tert-OH is 1. The number of nitrogens with one attached hydrogen (secondary N) is 2. The third-order valence-corrected chi connectivity index (χ3v) is 6.92. The molecule has 0 saturated carbocycles. The summed E-state index contributed by atoms with van der Waals surface area (Å²) in [6, 6.07) is 7.62. The summed E-state index contributed by atoms with van der Waals surface area (Å²) in [5.41, 5.74) is 9.69. The van der Waals surface area contributed by atoms with Crippen molar-refractivity contribution in [2.75, 3.05) is 26.2 Å². The summed E-state index contributed by atoms with van der Waals surface area (Å²) < 4.78 is 14.2. The Hall–Kier alpha value is -3.83. The number of benzene rings is 2. The van der Waals surface area contributed by atoms with Crippen LogP contribution in [0.1, 0.15) is 89.7 Å². The van der Waals surface area contributed by atoms with E-state index in [4.69, 9.17) is 5.73 Å². The van der Waals surface area contributed by atoms with Crippen LogP contribution in [0.15, 0.2) is 36.4 Å². The van der Waals surface area contributed by atoms with Gasteiger partial charge >= 0.3 is 0 Å². The van der Waals surface area contributed by atoms with E-state index in [1.54, 1.807) is 36.7 Å². The summed E-state index contributed by atoms with van der Waals surface area (Å²) in [6.45, 7) is 12.3. The fraction of sp³-hybridized carbons (Fsp3) is 0.500. The second kappa shape index (κ2) is 16.7. The summed E-state index contributed by atoms with van der Waals surface area (Å²) in [7, 11) is 0. The molecule has 0 saturated heterocycles. The number of hydrazine groups is 1. The van der Waals surface area contributed by atoms with E-state index < -0.39 is 29.8 Å². The molecule has 0 aliphatic carbocycles. The van der Waals surface area contributed by atoms with E-state index >= 15 is 0 Å². The molecule has 0 bridgehead atoms. The Bertz CT molecular complexity index is 1260. The van der Waals surface area contributed by atoms with Gasteiger partial charge in [0.05, 0.1) is 12.1 Å². The van der Waals surface area contributed by atoms with Crippen LogP contribution < -0.4 is 16.5 Å². The lowest BCUT2D eigenvalue weighted by Gasteiger charge is -2.30. The number of carbonyl (C=O) groups is 4. The van der Waals surface area contributed by atoms with Crippen molar-refractivity contribution in [2.24, 2.45) is 11.7 Å². The number of nitrogens with zero attached hydrogens (tertiary/aromatic N) is 2. The van der Waals surface area contributed by atoms with Gasteiger partial charge in [-0.25, -0.2) is 9.40 Å². The van der Waals surface area contributed by atoms with Crippen molar-refractivity contribution in [3.05, 3.63) is 70.0 Å². The van der Waals surface area contributed by atoms with Crippen LogP contribution in [0.25, 0.3) is 0 Å². The Kier molecular flexibility index (Phi) is 13.7. The van der Waals surface area contributed by atoms with E-state index in [2.05, 4.69) is 10.7 Å². The number of carbonyl (C=O) groups excluding carboxylic acids is 4. The molecule has 0 radical (unpaired) electrons. The number of aryl methyl sites for hydroxylation is 1. The molecule has 2 unspecified atom stereocenters. The maximum atomic E-state index is 14.2. The van der Waals surface area contributed by atoms with E-state index in [1.807, 2.05) is 20.8 Å². The van der Waals surface area contributed by atoms with Crippen molar-refractivity contribution >= 4 is 23.6 Å². The molecule has 2 atom stereocenters. The smallest absolute Gasteiger partial charge is 0.253 e. The van der Waals surface area contributed by atoms with Gasteiger partial charge in [-0.1, -0.05) is 40.7 Å². The summed E-state index contributed by atoms with van der Waals surface area (Å²) in [5, 5.41) is 15.7. The molecule has 2 aromatic carbocycles. The zero-order valence-corrected chi connectivity index (χ0v) is 26.1. The van der Waals surface area contributed by atoms with Gasteiger partial charge in [-0.3, -0.25) is 24.6 Å². The molecule has 2 aromatic rings. The maximum absolute atomic E-state index is 14.2. The monoisotopic (exact) mass is 599 g/mol. The highest BCUT2D eigenvalue weighted by atomic mass is 19.1. The van der Waals surface area contributed by atoms with E-state index in [0.29, 0.717) is 30.8 Å². The van der Waals surface area contributed by atoms with Crippen molar-refractivity contribution in [1.29, 1.82) is 0 Å². The SMILES string of the molecule is CCCN(CCC)C(=O)c1cc(C(N)=O)cc(C(=O)NC(Cc2cc(C)cc(F)c2)C(O)CN(CC)NC(=O)C(C)C)c1. The van der Waals surface area contributed by atoms with Crippen molar-refractivity contribution in [3.8, 4) is 0 Å². The molecule has 0 spiro atoms. The lowest BCUT2D eigenvalue weighted by Crippen LogP contribution is -2.53.